The third kappa shape index (κ3) is 2.82. The first-order valence-corrected chi connectivity index (χ1v) is 7.55. The number of amides is 2. The maximum Gasteiger partial charge on any atom is 0.247 e. The maximum atomic E-state index is 12.4. The van der Waals surface area contributed by atoms with Crippen molar-refractivity contribution in [1.29, 1.82) is 0 Å². The van der Waals surface area contributed by atoms with Crippen LogP contribution >= 0.6 is 0 Å². The molecule has 114 valence electrons. The van der Waals surface area contributed by atoms with E-state index in [4.69, 9.17) is 0 Å². The number of likely N-dealkylation sites (tertiary alicyclic amines) is 1. The molecule has 0 aromatic carbocycles. The molecule has 2 fully saturated rings. The van der Waals surface area contributed by atoms with E-state index >= 15 is 0 Å². The molecule has 1 aliphatic carbocycles. The van der Waals surface area contributed by atoms with E-state index < -0.39 is 12.1 Å². The average molecular weight is 282 g/mol. The minimum absolute atomic E-state index is 0.0213. The van der Waals surface area contributed by atoms with Gasteiger partial charge in [-0.2, -0.15) is 0 Å². The number of nitrogens with zero attached hydrogens (tertiary/aromatic N) is 2. The second-order valence-corrected chi connectivity index (χ2v) is 6.68. The number of aliphatic hydroxyl groups excluding tert-OH is 1. The Labute approximate surface area is 120 Å². The molecule has 1 heterocycles. The Morgan fingerprint density at radius 1 is 1.30 bits per heavy atom. The van der Waals surface area contributed by atoms with Gasteiger partial charge in [0.1, 0.15) is 6.04 Å². The van der Waals surface area contributed by atoms with Gasteiger partial charge in [0, 0.05) is 27.1 Å². The zero-order valence-corrected chi connectivity index (χ0v) is 12.8. The van der Waals surface area contributed by atoms with Crippen molar-refractivity contribution in [3.8, 4) is 0 Å². The topological polar surface area (TPSA) is 60.9 Å². The van der Waals surface area contributed by atoms with Gasteiger partial charge in [-0.25, -0.2) is 0 Å². The summed E-state index contributed by atoms with van der Waals surface area (Å²) < 4.78 is 0. The molecular weight excluding hydrogens is 256 g/mol. The minimum atomic E-state index is -0.840. The standard InChI is InChI=1S/C15H26N2O3/c1-11(18)13(14(20)16(2)3)17-10-15(9-12(17)19)7-5-4-6-8-15/h11,13,18H,4-10H2,1-3H3/t11-,13+/m1/s1. The zero-order chi connectivity index (χ0) is 14.9. The van der Waals surface area contributed by atoms with Crippen LogP contribution in [0.3, 0.4) is 0 Å². The number of hydrogen-bond acceptors (Lipinski definition) is 3. The fourth-order valence-corrected chi connectivity index (χ4v) is 3.68. The fourth-order valence-electron chi connectivity index (χ4n) is 3.68. The van der Waals surface area contributed by atoms with Crippen LogP contribution in [0.5, 0.6) is 0 Å². The van der Waals surface area contributed by atoms with Gasteiger partial charge < -0.3 is 14.9 Å². The van der Waals surface area contributed by atoms with Gasteiger partial charge in [-0.05, 0) is 25.2 Å². The predicted octanol–water partition coefficient (Wildman–Crippen LogP) is 1.01. The van der Waals surface area contributed by atoms with E-state index in [0.29, 0.717) is 13.0 Å². The van der Waals surface area contributed by atoms with Gasteiger partial charge in [0.05, 0.1) is 6.10 Å². The SMILES string of the molecule is C[C@@H](O)[C@@H](C(=O)N(C)C)N1CC2(CCCCC2)CC1=O. The van der Waals surface area contributed by atoms with E-state index in [1.165, 1.54) is 24.2 Å². The van der Waals surface area contributed by atoms with Crippen LogP contribution < -0.4 is 0 Å². The summed E-state index contributed by atoms with van der Waals surface area (Å²) in [5, 5.41) is 9.96. The smallest absolute Gasteiger partial charge is 0.247 e. The molecule has 0 aromatic rings. The van der Waals surface area contributed by atoms with E-state index in [-0.39, 0.29) is 17.2 Å². The maximum absolute atomic E-state index is 12.4. The largest absolute Gasteiger partial charge is 0.391 e. The molecule has 20 heavy (non-hydrogen) atoms. The molecule has 0 unspecified atom stereocenters. The number of carbonyl (C=O) groups excluding carboxylic acids is 2. The van der Waals surface area contributed by atoms with Crippen LogP contribution in [0.2, 0.25) is 0 Å². The Hall–Kier alpha value is -1.10. The van der Waals surface area contributed by atoms with Gasteiger partial charge in [0.15, 0.2) is 0 Å². The molecule has 2 atom stereocenters. The van der Waals surface area contributed by atoms with Crippen molar-refractivity contribution in [3.63, 3.8) is 0 Å². The molecule has 1 N–H and O–H groups in total. The van der Waals surface area contributed by atoms with E-state index in [1.54, 1.807) is 25.9 Å². The quantitative estimate of drug-likeness (QED) is 0.840. The van der Waals surface area contributed by atoms with Crippen molar-refractivity contribution in [2.45, 2.75) is 57.6 Å². The van der Waals surface area contributed by atoms with Crippen molar-refractivity contribution < 1.29 is 14.7 Å². The summed E-state index contributed by atoms with van der Waals surface area (Å²) in [6.45, 7) is 2.21. The average Bonchev–Trinajstić information content (AvgIpc) is 2.66. The molecule has 2 rings (SSSR count). The second-order valence-electron chi connectivity index (χ2n) is 6.68. The number of hydrogen-bond donors (Lipinski definition) is 1. The summed E-state index contributed by atoms with van der Waals surface area (Å²) >= 11 is 0. The Morgan fingerprint density at radius 3 is 2.40 bits per heavy atom. The lowest BCUT2D eigenvalue weighted by Crippen LogP contribution is -2.53. The third-order valence-electron chi connectivity index (χ3n) is 4.75. The molecule has 1 saturated carbocycles. The Kier molecular flexibility index (Phi) is 4.37. The van der Waals surface area contributed by atoms with Gasteiger partial charge in [-0.15, -0.1) is 0 Å². The highest BCUT2D eigenvalue weighted by Crippen LogP contribution is 2.45. The van der Waals surface area contributed by atoms with Gasteiger partial charge in [0.2, 0.25) is 11.8 Å². The summed E-state index contributed by atoms with van der Waals surface area (Å²) in [6.07, 6.45) is 5.41. The lowest BCUT2D eigenvalue weighted by Gasteiger charge is -2.35. The number of carbonyl (C=O) groups is 2. The van der Waals surface area contributed by atoms with E-state index in [9.17, 15) is 14.7 Å². The van der Waals surface area contributed by atoms with Crippen molar-refractivity contribution in [3.05, 3.63) is 0 Å². The minimum Gasteiger partial charge on any atom is -0.391 e. The van der Waals surface area contributed by atoms with Crippen LogP contribution in [0.15, 0.2) is 0 Å². The Morgan fingerprint density at radius 2 is 1.90 bits per heavy atom. The third-order valence-corrected chi connectivity index (χ3v) is 4.75. The van der Waals surface area contributed by atoms with Crippen molar-refractivity contribution in [2.24, 2.45) is 5.41 Å². The van der Waals surface area contributed by atoms with Crippen LogP contribution in [-0.4, -0.2) is 59.5 Å². The van der Waals surface area contributed by atoms with E-state index in [0.717, 1.165) is 12.8 Å². The van der Waals surface area contributed by atoms with Gasteiger partial charge in [-0.3, -0.25) is 9.59 Å². The Balaban J connectivity index is 2.18. The van der Waals surface area contributed by atoms with Gasteiger partial charge in [0.25, 0.3) is 0 Å². The lowest BCUT2D eigenvalue weighted by atomic mass is 9.73. The number of likely N-dealkylation sites (N-methyl/N-ethyl adjacent to an activating group) is 1. The highest BCUT2D eigenvalue weighted by molar-refractivity contribution is 5.89. The number of aliphatic hydroxyl groups is 1. The van der Waals surface area contributed by atoms with Crippen LogP contribution in [0.25, 0.3) is 0 Å². The molecule has 2 aliphatic rings. The lowest BCUT2D eigenvalue weighted by molar-refractivity contribution is -0.146. The first kappa shape index (κ1) is 15.3. The molecule has 1 aliphatic heterocycles. The first-order chi connectivity index (χ1) is 9.36. The van der Waals surface area contributed by atoms with Crippen molar-refractivity contribution in [1.82, 2.24) is 9.80 Å². The first-order valence-electron chi connectivity index (χ1n) is 7.55. The molecule has 2 amide bonds. The number of rotatable bonds is 3. The van der Waals surface area contributed by atoms with Crippen molar-refractivity contribution in [2.75, 3.05) is 20.6 Å². The highest BCUT2D eigenvalue weighted by Gasteiger charge is 2.48. The van der Waals surface area contributed by atoms with E-state index in [1.807, 2.05) is 0 Å². The molecule has 5 nitrogen and oxygen atoms in total. The van der Waals surface area contributed by atoms with Crippen molar-refractivity contribution >= 4 is 11.8 Å². The van der Waals surface area contributed by atoms with Crippen LogP contribution in [0.1, 0.15) is 45.4 Å². The normalized spacial score (nSPS) is 24.8. The fraction of sp³-hybridized carbons (Fsp3) is 0.867. The summed E-state index contributed by atoms with van der Waals surface area (Å²) in [7, 11) is 3.32. The molecular formula is C15H26N2O3. The molecule has 0 radical (unpaired) electrons. The zero-order valence-electron chi connectivity index (χ0n) is 12.8. The second kappa shape index (κ2) is 5.72. The molecule has 0 aromatic heterocycles. The summed E-state index contributed by atoms with van der Waals surface area (Å²) in [5.74, 6) is -0.172. The van der Waals surface area contributed by atoms with Gasteiger partial charge >= 0.3 is 0 Å². The van der Waals surface area contributed by atoms with Crippen LogP contribution in [-0.2, 0) is 9.59 Å². The summed E-state index contributed by atoms with van der Waals surface area (Å²) in [4.78, 5) is 27.7. The molecule has 5 heteroatoms. The van der Waals surface area contributed by atoms with Gasteiger partial charge in [-0.1, -0.05) is 19.3 Å². The molecule has 0 bridgehead atoms. The Bertz CT molecular complexity index is 387. The van der Waals surface area contributed by atoms with Crippen LogP contribution in [0.4, 0.5) is 0 Å². The monoisotopic (exact) mass is 282 g/mol. The molecule has 1 spiro atoms. The van der Waals surface area contributed by atoms with Crippen LogP contribution in [0, 0.1) is 5.41 Å². The highest BCUT2D eigenvalue weighted by atomic mass is 16.3. The molecule has 1 saturated heterocycles. The predicted molar refractivity (Wildman–Crippen MR) is 76.0 cm³/mol. The summed E-state index contributed by atoms with van der Waals surface area (Å²) in [5.41, 5.74) is 0.0507. The summed E-state index contributed by atoms with van der Waals surface area (Å²) in [6, 6.07) is -0.737. The van der Waals surface area contributed by atoms with E-state index in [2.05, 4.69) is 0 Å².